The smallest absolute Gasteiger partial charge is 0.323 e. The van der Waals surface area contributed by atoms with E-state index in [1.54, 1.807) is 7.11 Å². The average Bonchev–Trinajstić information content (AvgIpc) is 3.65. The molecular formula is C27H29N3O4. The van der Waals surface area contributed by atoms with Gasteiger partial charge < -0.3 is 14.8 Å². The van der Waals surface area contributed by atoms with Crippen LogP contribution in [0.3, 0.4) is 0 Å². The van der Waals surface area contributed by atoms with Crippen molar-refractivity contribution in [2.75, 3.05) is 20.8 Å². The van der Waals surface area contributed by atoms with Crippen molar-refractivity contribution in [3.63, 3.8) is 0 Å². The molecular weight excluding hydrogens is 430 g/mol. The van der Waals surface area contributed by atoms with Crippen LogP contribution in [0.5, 0.6) is 5.75 Å². The van der Waals surface area contributed by atoms with Crippen LogP contribution in [0.15, 0.2) is 54.6 Å². The predicted molar refractivity (Wildman–Crippen MR) is 129 cm³/mol. The van der Waals surface area contributed by atoms with Gasteiger partial charge in [0.15, 0.2) is 0 Å². The number of para-hydroxylation sites is 1. The Kier molecular flexibility index (Phi) is 6.20. The zero-order chi connectivity index (χ0) is 23.7. The van der Waals surface area contributed by atoms with Crippen LogP contribution >= 0.6 is 0 Å². The molecule has 0 spiro atoms. The topological polar surface area (TPSA) is 80.8 Å². The Labute approximate surface area is 199 Å². The first-order valence-electron chi connectivity index (χ1n) is 11.7. The number of benzene rings is 2. The van der Waals surface area contributed by atoms with Crippen LogP contribution < -0.4 is 10.1 Å². The van der Waals surface area contributed by atoms with E-state index in [2.05, 4.69) is 10.2 Å². The highest BCUT2D eigenvalue weighted by Crippen LogP contribution is 2.40. The molecule has 2 heterocycles. The maximum atomic E-state index is 13.4. The molecule has 2 fully saturated rings. The molecule has 3 aromatic rings. The molecule has 7 nitrogen and oxygen atoms in total. The summed E-state index contributed by atoms with van der Waals surface area (Å²) in [4.78, 5) is 32.8. The van der Waals surface area contributed by atoms with Crippen LogP contribution in [0, 0.1) is 0 Å². The number of aromatic nitrogens is 1. The summed E-state index contributed by atoms with van der Waals surface area (Å²) in [5.74, 6) is 0.805. The van der Waals surface area contributed by atoms with Crippen molar-refractivity contribution in [1.82, 2.24) is 15.2 Å². The molecule has 5 rings (SSSR count). The van der Waals surface area contributed by atoms with E-state index in [0.717, 1.165) is 40.8 Å². The Balaban J connectivity index is 1.36. The van der Waals surface area contributed by atoms with Crippen LogP contribution in [0.25, 0.3) is 10.9 Å². The van der Waals surface area contributed by atoms with E-state index in [4.69, 9.17) is 14.5 Å². The number of ether oxygens (including phenoxy) is 2. The number of methoxy groups -OCH3 is 2. The lowest BCUT2D eigenvalue weighted by Gasteiger charge is -2.22. The largest absolute Gasteiger partial charge is 0.497 e. The van der Waals surface area contributed by atoms with Gasteiger partial charge in [0.25, 0.3) is 5.91 Å². The van der Waals surface area contributed by atoms with Crippen LogP contribution in [0.2, 0.25) is 0 Å². The zero-order valence-electron chi connectivity index (χ0n) is 19.5. The number of nitrogens with one attached hydrogen (secondary N) is 1. The van der Waals surface area contributed by atoms with Crippen molar-refractivity contribution in [2.45, 2.75) is 43.8 Å². The Hall–Kier alpha value is -3.45. The van der Waals surface area contributed by atoms with Gasteiger partial charge in [0.1, 0.15) is 11.8 Å². The number of esters is 1. The van der Waals surface area contributed by atoms with Gasteiger partial charge >= 0.3 is 5.97 Å². The number of likely N-dealkylation sites (tertiary alicyclic amines) is 1. The van der Waals surface area contributed by atoms with Gasteiger partial charge in [-0.2, -0.15) is 0 Å². The molecule has 2 aromatic carbocycles. The highest BCUT2D eigenvalue weighted by molar-refractivity contribution is 6.06. The van der Waals surface area contributed by atoms with E-state index in [1.165, 1.54) is 7.11 Å². The third-order valence-electron chi connectivity index (χ3n) is 6.71. The molecule has 1 amide bonds. The van der Waals surface area contributed by atoms with Crippen molar-refractivity contribution in [1.29, 1.82) is 0 Å². The second kappa shape index (κ2) is 9.43. The number of nitrogens with zero attached hydrogens (tertiary/aromatic N) is 2. The van der Waals surface area contributed by atoms with Crippen molar-refractivity contribution >= 4 is 22.8 Å². The quantitative estimate of drug-likeness (QED) is 0.543. The van der Waals surface area contributed by atoms with Crippen LogP contribution in [0.4, 0.5) is 0 Å². The lowest BCUT2D eigenvalue weighted by Crippen LogP contribution is -2.37. The van der Waals surface area contributed by atoms with Crippen molar-refractivity contribution < 1.29 is 19.1 Å². The van der Waals surface area contributed by atoms with E-state index < -0.39 is 6.04 Å². The van der Waals surface area contributed by atoms with Crippen molar-refractivity contribution in [3.05, 3.63) is 71.4 Å². The van der Waals surface area contributed by atoms with Gasteiger partial charge in [-0.3, -0.25) is 19.5 Å². The predicted octanol–water partition coefficient (Wildman–Crippen LogP) is 3.67. The summed E-state index contributed by atoms with van der Waals surface area (Å²) < 4.78 is 10.4. The molecule has 1 aliphatic carbocycles. The summed E-state index contributed by atoms with van der Waals surface area (Å²) >= 11 is 0. The molecule has 0 radical (unpaired) electrons. The van der Waals surface area contributed by atoms with Crippen molar-refractivity contribution in [3.8, 4) is 5.75 Å². The maximum absolute atomic E-state index is 13.4. The summed E-state index contributed by atoms with van der Waals surface area (Å²) in [6.07, 6.45) is 2.74. The van der Waals surface area contributed by atoms with E-state index in [1.807, 2.05) is 54.6 Å². The second-order valence-corrected chi connectivity index (χ2v) is 9.11. The minimum absolute atomic E-state index is 0.127. The van der Waals surface area contributed by atoms with Crippen LogP contribution in [0.1, 0.15) is 46.8 Å². The average molecular weight is 460 g/mol. The van der Waals surface area contributed by atoms with Gasteiger partial charge in [-0.05, 0) is 49.1 Å². The summed E-state index contributed by atoms with van der Waals surface area (Å²) in [7, 11) is 3.04. The van der Waals surface area contributed by atoms with Gasteiger partial charge in [-0.25, -0.2) is 0 Å². The molecule has 7 heteroatoms. The summed E-state index contributed by atoms with van der Waals surface area (Å²) in [5.41, 5.74) is 3.51. The SMILES string of the molecule is COC(=O)[C@@H]1C[C@@H](NC(=O)c2cc(C3CC3)nc3ccccc23)CN1Cc1cccc(OC)c1. The van der Waals surface area contributed by atoms with E-state index in [9.17, 15) is 9.59 Å². The number of pyridine rings is 1. The molecule has 1 saturated carbocycles. The fourth-order valence-corrected chi connectivity index (χ4v) is 4.80. The molecule has 0 unspecified atom stereocenters. The van der Waals surface area contributed by atoms with Crippen LogP contribution in [-0.4, -0.2) is 54.6 Å². The Bertz CT molecular complexity index is 1220. The number of rotatable bonds is 7. The number of hydrogen-bond donors (Lipinski definition) is 1. The van der Waals surface area contributed by atoms with Crippen molar-refractivity contribution in [2.24, 2.45) is 0 Å². The first kappa shape index (κ1) is 22.3. The van der Waals surface area contributed by atoms with E-state index in [-0.39, 0.29) is 17.9 Å². The fourth-order valence-electron chi connectivity index (χ4n) is 4.80. The molecule has 1 aromatic heterocycles. The Morgan fingerprint density at radius 3 is 2.68 bits per heavy atom. The normalized spacial score (nSPS) is 20.3. The highest BCUT2D eigenvalue weighted by atomic mass is 16.5. The van der Waals surface area contributed by atoms with Gasteiger partial charge in [-0.15, -0.1) is 0 Å². The highest BCUT2D eigenvalue weighted by Gasteiger charge is 2.38. The summed E-state index contributed by atoms with van der Waals surface area (Å²) in [5, 5.41) is 4.03. The van der Waals surface area contributed by atoms with Gasteiger partial charge in [0.2, 0.25) is 0 Å². The molecule has 1 aliphatic heterocycles. The first-order chi connectivity index (χ1) is 16.6. The number of amides is 1. The molecule has 2 atom stereocenters. The minimum atomic E-state index is -0.419. The maximum Gasteiger partial charge on any atom is 0.323 e. The minimum Gasteiger partial charge on any atom is -0.497 e. The number of hydrogen-bond acceptors (Lipinski definition) is 6. The second-order valence-electron chi connectivity index (χ2n) is 9.11. The Morgan fingerprint density at radius 2 is 1.91 bits per heavy atom. The third-order valence-corrected chi connectivity index (χ3v) is 6.71. The van der Waals surface area contributed by atoms with Crippen LogP contribution in [-0.2, 0) is 16.1 Å². The third kappa shape index (κ3) is 4.61. The lowest BCUT2D eigenvalue weighted by atomic mass is 10.0. The fraction of sp³-hybridized carbons (Fsp3) is 0.370. The van der Waals surface area contributed by atoms with Gasteiger partial charge in [0, 0.05) is 36.1 Å². The lowest BCUT2D eigenvalue weighted by molar-refractivity contribution is -0.146. The molecule has 0 bridgehead atoms. The van der Waals surface area contributed by atoms with E-state index >= 15 is 0 Å². The molecule has 34 heavy (non-hydrogen) atoms. The number of carbonyl (C=O) groups is 2. The molecule has 1 saturated heterocycles. The summed E-state index contributed by atoms with van der Waals surface area (Å²) in [6.45, 7) is 1.12. The molecule has 176 valence electrons. The monoisotopic (exact) mass is 459 g/mol. The molecule has 1 N–H and O–H groups in total. The Morgan fingerprint density at radius 1 is 1.09 bits per heavy atom. The standard InChI is InChI=1S/C27H29N3O4/c1-33-20-7-5-6-17(12-20)15-30-16-19(13-25(30)27(32)34-2)28-26(31)22-14-24(18-10-11-18)29-23-9-4-3-8-21(22)23/h3-9,12,14,18-19,25H,10-11,13,15-16H2,1-2H3,(H,28,31)/t19-,25+/m1/s1. The number of carbonyl (C=O) groups excluding carboxylic acids is 2. The molecule has 2 aliphatic rings. The van der Waals surface area contributed by atoms with E-state index in [0.29, 0.717) is 31.0 Å². The van der Waals surface area contributed by atoms with Gasteiger partial charge in [0.05, 0.1) is 25.3 Å². The van der Waals surface area contributed by atoms with Gasteiger partial charge in [-0.1, -0.05) is 30.3 Å². The zero-order valence-corrected chi connectivity index (χ0v) is 19.5. The number of fused-ring (bicyclic) bond motifs is 1. The summed E-state index contributed by atoms with van der Waals surface area (Å²) in [6, 6.07) is 16.9. The first-order valence-corrected chi connectivity index (χ1v) is 11.7.